The number of aliphatic hydroxyl groups is 1. The van der Waals surface area contributed by atoms with Gasteiger partial charge in [-0.1, -0.05) is 42.5 Å². The molecule has 0 amide bonds. The number of ether oxygens (including phenoxy) is 1. The van der Waals surface area contributed by atoms with E-state index in [9.17, 15) is 9.90 Å². The molecule has 2 aromatic carbocycles. The molecule has 0 spiro atoms. The molecule has 4 heteroatoms. The summed E-state index contributed by atoms with van der Waals surface area (Å²) in [6.45, 7) is 2.58. The number of aliphatic hydroxyl groups excluding tert-OH is 1. The average molecular weight is 313 g/mol. The lowest BCUT2D eigenvalue weighted by Gasteiger charge is -2.17. The molecule has 0 unspecified atom stereocenters. The molecule has 0 bridgehead atoms. The first-order valence-electron chi connectivity index (χ1n) is 7.74. The first kappa shape index (κ1) is 17.2. The zero-order valence-electron chi connectivity index (χ0n) is 13.5. The molecule has 122 valence electrons. The van der Waals surface area contributed by atoms with E-state index in [4.69, 9.17) is 0 Å². The highest BCUT2D eigenvalue weighted by Gasteiger charge is 2.10. The molecular formula is C19H23NO3. The molecule has 2 aromatic rings. The predicted molar refractivity (Wildman–Crippen MR) is 90.4 cm³/mol. The molecule has 0 heterocycles. The number of methoxy groups -OCH3 is 1. The Morgan fingerprint density at radius 2 is 1.78 bits per heavy atom. The second-order valence-electron chi connectivity index (χ2n) is 5.63. The summed E-state index contributed by atoms with van der Waals surface area (Å²) in [5.41, 5.74) is 2.60. The zero-order chi connectivity index (χ0) is 16.7. The van der Waals surface area contributed by atoms with Crippen LogP contribution in [0.5, 0.6) is 0 Å². The van der Waals surface area contributed by atoms with Gasteiger partial charge in [-0.15, -0.1) is 0 Å². The summed E-state index contributed by atoms with van der Waals surface area (Å²) >= 11 is 0. The molecule has 0 aliphatic rings. The lowest BCUT2D eigenvalue weighted by atomic mass is 10.0. The summed E-state index contributed by atoms with van der Waals surface area (Å²) in [5, 5.41) is 13.5. The van der Waals surface area contributed by atoms with E-state index < -0.39 is 6.10 Å². The molecule has 2 rings (SSSR count). The molecule has 4 nitrogen and oxygen atoms in total. The minimum Gasteiger partial charge on any atom is -0.465 e. The summed E-state index contributed by atoms with van der Waals surface area (Å²) in [4.78, 5) is 11.4. The topological polar surface area (TPSA) is 58.6 Å². The number of nitrogens with one attached hydrogen (secondary N) is 1. The van der Waals surface area contributed by atoms with Gasteiger partial charge in [0.05, 0.1) is 18.8 Å². The van der Waals surface area contributed by atoms with Crippen molar-refractivity contribution in [2.45, 2.75) is 25.5 Å². The molecule has 0 fully saturated rings. The third kappa shape index (κ3) is 5.20. The molecule has 0 saturated carbocycles. The Morgan fingerprint density at radius 3 is 2.39 bits per heavy atom. The molecule has 2 N–H and O–H groups in total. The largest absolute Gasteiger partial charge is 0.465 e. The van der Waals surface area contributed by atoms with E-state index >= 15 is 0 Å². The van der Waals surface area contributed by atoms with Crippen molar-refractivity contribution < 1.29 is 14.6 Å². The van der Waals surface area contributed by atoms with Gasteiger partial charge in [0.25, 0.3) is 0 Å². The van der Waals surface area contributed by atoms with Crippen LogP contribution in [-0.4, -0.2) is 30.8 Å². The maximum absolute atomic E-state index is 11.4. The van der Waals surface area contributed by atoms with Gasteiger partial charge in [-0.2, -0.15) is 0 Å². The van der Waals surface area contributed by atoms with Crippen molar-refractivity contribution in [3.8, 4) is 0 Å². The summed E-state index contributed by atoms with van der Waals surface area (Å²) in [6.07, 6.45) is 0.309. The van der Waals surface area contributed by atoms with Crippen molar-refractivity contribution >= 4 is 5.97 Å². The Morgan fingerprint density at radius 1 is 1.13 bits per heavy atom. The van der Waals surface area contributed by atoms with Crippen LogP contribution in [0.25, 0.3) is 0 Å². The molecule has 2 atom stereocenters. The van der Waals surface area contributed by atoms with Crippen LogP contribution in [0.3, 0.4) is 0 Å². The fourth-order valence-electron chi connectivity index (χ4n) is 2.43. The van der Waals surface area contributed by atoms with Crippen molar-refractivity contribution in [3.05, 3.63) is 71.3 Å². The van der Waals surface area contributed by atoms with E-state index in [1.807, 2.05) is 42.5 Å². The van der Waals surface area contributed by atoms with E-state index in [0.717, 1.165) is 17.5 Å². The number of benzene rings is 2. The number of carbonyl (C=O) groups is 1. The molecule has 0 aliphatic carbocycles. The third-order valence-corrected chi connectivity index (χ3v) is 3.76. The normalized spacial score (nSPS) is 13.3. The highest BCUT2D eigenvalue weighted by atomic mass is 16.5. The van der Waals surface area contributed by atoms with E-state index in [-0.39, 0.29) is 12.0 Å². The van der Waals surface area contributed by atoms with Crippen LogP contribution in [0.4, 0.5) is 0 Å². The second-order valence-corrected chi connectivity index (χ2v) is 5.63. The number of hydrogen-bond donors (Lipinski definition) is 2. The first-order valence-corrected chi connectivity index (χ1v) is 7.74. The zero-order valence-corrected chi connectivity index (χ0v) is 13.5. The highest BCUT2D eigenvalue weighted by molar-refractivity contribution is 5.89. The van der Waals surface area contributed by atoms with Gasteiger partial charge >= 0.3 is 5.97 Å². The molecule has 23 heavy (non-hydrogen) atoms. The Bertz CT molecular complexity index is 610. The number of rotatable bonds is 7. The van der Waals surface area contributed by atoms with Crippen LogP contribution in [0.2, 0.25) is 0 Å². The standard InChI is InChI=1S/C19H23NO3/c1-14(20-13-18(21)16-6-4-3-5-7-16)12-15-8-10-17(11-9-15)19(22)23-2/h3-11,14,18,20-21H,12-13H2,1-2H3/t14-,18+/m0/s1. The number of esters is 1. The SMILES string of the molecule is COC(=O)c1ccc(C[C@H](C)NC[C@@H](O)c2ccccc2)cc1. The molecule has 0 aliphatic heterocycles. The Balaban J connectivity index is 1.82. The summed E-state index contributed by atoms with van der Waals surface area (Å²) in [7, 11) is 1.38. The van der Waals surface area contributed by atoms with E-state index in [2.05, 4.69) is 17.0 Å². The summed E-state index contributed by atoms with van der Waals surface area (Å²) in [5.74, 6) is -0.325. The van der Waals surface area contributed by atoms with Gasteiger partial charge < -0.3 is 15.2 Å². The Labute approximate surface area is 137 Å². The van der Waals surface area contributed by atoms with Gasteiger partial charge in [-0.3, -0.25) is 0 Å². The fourth-order valence-corrected chi connectivity index (χ4v) is 2.43. The van der Waals surface area contributed by atoms with Crippen LogP contribution < -0.4 is 5.32 Å². The van der Waals surface area contributed by atoms with Crippen molar-refractivity contribution in [1.82, 2.24) is 5.32 Å². The summed E-state index contributed by atoms with van der Waals surface area (Å²) < 4.78 is 4.69. The Hall–Kier alpha value is -2.17. The van der Waals surface area contributed by atoms with Gasteiger partial charge in [-0.05, 0) is 36.6 Å². The second kappa shape index (κ2) is 8.46. The van der Waals surface area contributed by atoms with Crippen molar-refractivity contribution in [3.63, 3.8) is 0 Å². The van der Waals surface area contributed by atoms with E-state index in [1.165, 1.54) is 7.11 Å². The van der Waals surface area contributed by atoms with Crippen molar-refractivity contribution in [2.75, 3.05) is 13.7 Å². The van der Waals surface area contributed by atoms with Crippen molar-refractivity contribution in [2.24, 2.45) is 0 Å². The summed E-state index contributed by atoms with van der Waals surface area (Å²) in [6, 6.07) is 17.2. The monoisotopic (exact) mass is 313 g/mol. The number of hydrogen-bond acceptors (Lipinski definition) is 4. The van der Waals surface area contributed by atoms with Crippen LogP contribution in [-0.2, 0) is 11.2 Å². The predicted octanol–water partition coefficient (Wildman–Crippen LogP) is 2.73. The molecular weight excluding hydrogens is 290 g/mol. The smallest absolute Gasteiger partial charge is 0.337 e. The van der Waals surface area contributed by atoms with Gasteiger partial charge in [0.2, 0.25) is 0 Å². The van der Waals surface area contributed by atoms with Crippen LogP contribution in [0, 0.1) is 0 Å². The van der Waals surface area contributed by atoms with Crippen LogP contribution in [0.15, 0.2) is 54.6 Å². The van der Waals surface area contributed by atoms with E-state index in [0.29, 0.717) is 12.1 Å². The van der Waals surface area contributed by atoms with Crippen molar-refractivity contribution in [1.29, 1.82) is 0 Å². The van der Waals surface area contributed by atoms with Crippen LogP contribution in [0.1, 0.15) is 34.5 Å². The molecule has 0 aromatic heterocycles. The fraction of sp³-hybridized carbons (Fsp3) is 0.316. The van der Waals surface area contributed by atoms with Crippen LogP contribution >= 0.6 is 0 Å². The minimum absolute atomic E-state index is 0.220. The maximum atomic E-state index is 11.4. The average Bonchev–Trinajstić information content (AvgIpc) is 2.60. The van der Waals surface area contributed by atoms with Gasteiger partial charge in [0, 0.05) is 12.6 Å². The minimum atomic E-state index is -0.514. The quantitative estimate of drug-likeness (QED) is 0.772. The first-order chi connectivity index (χ1) is 11.1. The lowest BCUT2D eigenvalue weighted by Crippen LogP contribution is -2.32. The van der Waals surface area contributed by atoms with Gasteiger partial charge in [0.15, 0.2) is 0 Å². The molecule has 0 radical (unpaired) electrons. The van der Waals surface area contributed by atoms with E-state index in [1.54, 1.807) is 12.1 Å². The number of carbonyl (C=O) groups excluding carboxylic acids is 1. The molecule has 0 saturated heterocycles. The Kier molecular flexibility index (Phi) is 6.32. The van der Waals surface area contributed by atoms with Gasteiger partial charge in [0.1, 0.15) is 0 Å². The third-order valence-electron chi connectivity index (χ3n) is 3.76. The highest BCUT2D eigenvalue weighted by Crippen LogP contribution is 2.12. The lowest BCUT2D eigenvalue weighted by molar-refractivity contribution is 0.0600. The van der Waals surface area contributed by atoms with Gasteiger partial charge in [-0.25, -0.2) is 4.79 Å². The maximum Gasteiger partial charge on any atom is 0.337 e.